The Balaban J connectivity index is 2.27. The van der Waals surface area contributed by atoms with E-state index in [2.05, 4.69) is 39.4 Å². The highest BCUT2D eigenvalue weighted by atomic mass is 32.1. The molecule has 0 spiro atoms. The monoisotopic (exact) mass is 234 g/mol. The van der Waals surface area contributed by atoms with Gasteiger partial charge in [0.05, 0.1) is 5.69 Å². The normalized spacial score (nSPS) is 17.8. The van der Waals surface area contributed by atoms with Gasteiger partial charge in [-0.1, -0.05) is 0 Å². The third kappa shape index (κ3) is 1.15. The Hall–Kier alpha value is -1.33. The Bertz CT molecular complexity index is 540. The van der Waals surface area contributed by atoms with E-state index in [0.29, 0.717) is 0 Å². The van der Waals surface area contributed by atoms with E-state index in [1.165, 1.54) is 21.9 Å². The Kier molecular flexibility index (Phi) is 2.05. The van der Waals surface area contributed by atoms with E-state index in [0.717, 1.165) is 5.82 Å². The van der Waals surface area contributed by atoms with Crippen molar-refractivity contribution in [1.82, 2.24) is 14.9 Å². The van der Waals surface area contributed by atoms with Gasteiger partial charge in [-0.15, -0.1) is 11.3 Å². The van der Waals surface area contributed by atoms with Gasteiger partial charge in [-0.3, -0.25) is 9.88 Å². The van der Waals surface area contributed by atoms with Crippen molar-refractivity contribution in [3.05, 3.63) is 28.7 Å². The molecule has 0 saturated heterocycles. The summed E-state index contributed by atoms with van der Waals surface area (Å²) in [5.74, 6) is 1.04. The van der Waals surface area contributed by atoms with Crippen molar-refractivity contribution in [3.8, 4) is 5.00 Å². The van der Waals surface area contributed by atoms with Crippen molar-refractivity contribution in [1.29, 1.82) is 0 Å². The van der Waals surface area contributed by atoms with Gasteiger partial charge in [0, 0.05) is 11.9 Å². The molecule has 1 unspecified atom stereocenters. The van der Waals surface area contributed by atoms with Gasteiger partial charge < -0.3 is 5.32 Å². The van der Waals surface area contributed by atoms with Crippen LogP contribution in [-0.2, 0) is 0 Å². The third-order valence-electron chi connectivity index (χ3n) is 2.96. The summed E-state index contributed by atoms with van der Waals surface area (Å²) in [4.78, 5) is 4.46. The van der Waals surface area contributed by atoms with Crippen LogP contribution < -0.4 is 10.6 Å². The van der Waals surface area contributed by atoms with E-state index in [1.54, 1.807) is 11.3 Å². The van der Waals surface area contributed by atoms with Gasteiger partial charge in [-0.05, 0) is 31.8 Å². The predicted molar refractivity (Wildman–Crippen MR) is 66.3 cm³/mol. The Morgan fingerprint density at radius 3 is 3.06 bits per heavy atom. The van der Waals surface area contributed by atoms with Crippen molar-refractivity contribution in [3.63, 3.8) is 0 Å². The lowest BCUT2D eigenvalue weighted by molar-refractivity contribution is 0.601. The van der Waals surface area contributed by atoms with E-state index in [4.69, 9.17) is 0 Å². The number of anilines is 1. The number of imidazole rings is 1. The number of hydrogen-bond acceptors (Lipinski definition) is 4. The number of nitrogens with zero attached hydrogens (tertiary/aromatic N) is 2. The van der Waals surface area contributed by atoms with Crippen molar-refractivity contribution >= 4 is 17.0 Å². The molecular weight excluding hydrogens is 220 g/mol. The van der Waals surface area contributed by atoms with Crippen LogP contribution in [0.5, 0.6) is 0 Å². The highest BCUT2D eigenvalue weighted by Gasteiger charge is 2.27. The average Bonchev–Trinajstić information content (AvgIpc) is 2.83. The summed E-state index contributed by atoms with van der Waals surface area (Å²) in [5.41, 5.74) is 3.69. The number of nitrogens with one attached hydrogen (secondary N) is 2. The Morgan fingerprint density at radius 1 is 1.50 bits per heavy atom. The molecule has 0 aliphatic carbocycles. The lowest BCUT2D eigenvalue weighted by Gasteiger charge is -2.26. The molecule has 16 heavy (non-hydrogen) atoms. The number of thiophene rings is 1. The Labute approximate surface area is 98.3 Å². The number of aryl methyl sites for hydroxylation is 2. The largest absolute Gasteiger partial charge is 0.361 e. The molecule has 1 aliphatic rings. The molecule has 4 nitrogen and oxygen atoms in total. The maximum Gasteiger partial charge on any atom is 0.151 e. The van der Waals surface area contributed by atoms with Crippen LogP contribution in [0.15, 0.2) is 11.6 Å². The summed E-state index contributed by atoms with van der Waals surface area (Å²) in [7, 11) is 1.94. The van der Waals surface area contributed by atoms with Crippen LogP contribution in [-0.4, -0.2) is 16.6 Å². The fourth-order valence-electron chi connectivity index (χ4n) is 2.10. The van der Waals surface area contributed by atoms with Gasteiger partial charge >= 0.3 is 0 Å². The van der Waals surface area contributed by atoms with Crippen molar-refractivity contribution < 1.29 is 0 Å². The first-order valence-corrected chi connectivity index (χ1v) is 6.17. The standard InChI is InChI=1S/C11H14N4S/c1-6-5-16-11-8(6)14-9(12-3)10-13-4-7(2)15(10)11/h4-5,9,12,14H,1-3H3. The lowest BCUT2D eigenvalue weighted by atomic mass is 10.2. The molecule has 1 aliphatic heterocycles. The smallest absolute Gasteiger partial charge is 0.151 e. The van der Waals surface area contributed by atoms with Crippen LogP contribution in [0.25, 0.3) is 5.00 Å². The molecule has 3 heterocycles. The SMILES string of the molecule is CNC1Nc2c(C)csc2-n2c(C)cnc21. The predicted octanol–water partition coefficient (Wildman–Crippen LogP) is 2.19. The van der Waals surface area contributed by atoms with Gasteiger partial charge in [-0.2, -0.15) is 0 Å². The van der Waals surface area contributed by atoms with Gasteiger partial charge in [0.25, 0.3) is 0 Å². The lowest BCUT2D eigenvalue weighted by Crippen LogP contribution is -2.31. The highest BCUT2D eigenvalue weighted by Crippen LogP contribution is 2.39. The van der Waals surface area contributed by atoms with Gasteiger partial charge in [0.2, 0.25) is 0 Å². The minimum absolute atomic E-state index is 0.0921. The van der Waals surface area contributed by atoms with Crippen LogP contribution in [0.2, 0.25) is 0 Å². The molecule has 5 heteroatoms. The summed E-state index contributed by atoms with van der Waals surface area (Å²) in [5, 5.41) is 10.1. The molecule has 84 valence electrons. The summed E-state index contributed by atoms with van der Waals surface area (Å²) in [6.45, 7) is 4.22. The fourth-order valence-corrected chi connectivity index (χ4v) is 3.19. The second-order valence-corrected chi connectivity index (χ2v) is 4.92. The minimum Gasteiger partial charge on any atom is -0.361 e. The summed E-state index contributed by atoms with van der Waals surface area (Å²) < 4.78 is 2.23. The summed E-state index contributed by atoms with van der Waals surface area (Å²) in [6, 6.07) is 0. The second kappa shape index (κ2) is 3.33. The molecule has 2 aromatic heterocycles. The zero-order chi connectivity index (χ0) is 11.3. The molecule has 0 radical (unpaired) electrons. The summed E-state index contributed by atoms with van der Waals surface area (Å²) >= 11 is 1.76. The van der Waals surface area contributed by atoms with E-state index >= 15 is 0 Å². The molecule has 3 rings (SSSR count). The number of fused-ring (bicyclic) bond motifs is 3. The first-order valence-electron chi connectivity index (χ1n) is 5.29. The molecule has 1 atom stereocenters. The van der Waals surface area contributed by atoms with Crippen LogP contribution in [0, 0.1) is 13.8 Å². The van der Waals surface area contributed by atoms with Crippen LogP contribution >= 0.6 is 11.3 Å². The highest BCUT2D eigenvalue weighted by molar-refractivity contribution is 7.13. The van der Waals surface area contributed by atoms with E-state index in [1.807, 2.05) is 13.2 Å². The zero-order valence-corrected chi connectivity index (χ0v) is 10.4. The Morgan fingerprint density at radius 2 is 2.31 bits per heavy atom. The molecule has 0 fully saturated rings. The van der Waals surface area contributed by atoms with Crippen LogP contribution in [0.4, 0.5) is 5.69 Å². The number of rotatable bonds is 1. The first-order chi connectivity index (χ1) is 7.72. The van der Waals surface area contributed by atoms with E-state index < -0.39 is 0 Å². The van der Waals surface area contributed by atoms with Crippen molar-refractivity contribution in [2.75, 3.05) is 12.4 Å². The van der Waals surface area contributed by atoms with Crippen LogP contribution in [0.1, 0.15) is 23.2 Å². The van der Waals surface area contributed by atoms with Crippen molar-refractivity contribution in [2.45, 2.75) is 20.0 Å². The fraction of sp³-hybridized carbons (Fsp3) is 0.364. The number of hydrogen-bond donors (Lipinski definition) is 2. The quantitative estimate of drug-likeness (QED) is 0.795. The molecule has 0 saturated carbocycles. The first kappa shape index (κ1) is 9.86. The van der Waals surface area contributed by atoms with E-state index in [-0.39, 0.29) is 6.17 Å². The molecule has 0 bridgehead atoms. The number of aromatic nitrogens is 2. The van der Waals surface area contributed by atoms with E-state index in [9.17, 15) is 0 Å². The maximum absolute atomic E-state index is 4.46. The minimum atomic E-state index is 0.0921. The molecule has 2 aromatic rings. The van der Waals surface area contributed by atoms with Crippen LogP contribution in [0.3, 0.4) is 0 Å². The molecular formula is C11H14N4S. The summed E-state index contributed by atoms with van der Waals surface area (Å²) in [6.07, 6.45) is 2.01. The topological polar surface area (TPSA) is 41.9 Å². The molecule has 0 aromatic carbocycles. The molecule has 2 N–H and O–H groups in total. The third-order valence-corrected chi connectivity index (χ3v) is 4.04. The van der Waals surface area contributed by atoms with Gasteiger partial charge in [-0.25, -0.2) is 4.98 Å². The maximum atomic E-state index is 4.46. The molecule has 0 amide bonds. The average molecular weight is 234 g/mol. The van der Waals surface area contributed by atoms with Gasteiger partial charge in [0.1, 0.15) is 11.2 Å². The second-order valence-electron chi connectivity index (χ2n) is 4.06. The van der Waals surface area contributed by atoms with Crippen molar-refractivity contribution in [2.24, 2.45) is 0 Å². The van der Waals surface area contributed by atoms with Gasteiger partial charge in [0.15, 0.2) is 5.82 Å². The zero-order valence-electron chi connectivity index (χ0n) is 9.53.